The van der Waals surface area contributed by atoms with Gasteiger partial charge in [0.05, 0.1) is 26.4 Å². The van der Waals surface area contributed by atoms with Gasteiger partial charge in [-0.2, -0.15) is 0 Å². The second kappa shape index (κ2) is 5.46. The molecule has 114 valence electrons. The Morgan fingerprint density at radius 1 is 0.714 bits per heavy atom. The first kappa shape index (κ1) is 13.3. The smallest absolute Gasteiger partial charge is 0.387 e. The van der Waals surface area contributed by atoms with Crippen molar-refractivity contribution in [1.29, 1.82) is 0 Å². The summed E-state index contributed by atoms with van der Waals surface area (Å²) in [4.78, 5) is 4.45. The molecular formula is C15H20N2O4. The van der Waals surface area contributed by atoms with Crippen molar-refractivity contribution in [1.82, 2.24) is 9.80 Å². The Balaban J connectivity index is 1.66. The third-order valence-corrected chi connectivity index (χ3v) is 4.16. The SMILES string of the molecule is c1ccc2c(c1)OC(N1CCOCC1)(N1CCOCC1)O2. The summed E-state index contributed by atoms with van der Waals surface area (Å²) < 4.78 is 23.5. The molecule has 0 aliphatic carbocycles. The third-order valence-electron chi connectivity index (χ3n) is 4.16. The van der Waals surface area contributed by atoms with E-state index in [4.69, 9.17) is 18.9 Å². The Kier molecular flexibility index (Phi) is 3.46. The zero-order chi connectivity index (χ0) is 14.1. The summed E-state index contributed by atoms with van der Waals surface area (Å²) in [5, 5.41) is 0. The first-order valence-electron chi connectivity index (χ1n) is 7.51. The fourth-order valence-corrected chi connectivity index (χ4v) is 3.08. The van der Waals surface area contributed by atoms with E-state index >= 15 is 0 Å². The monoisotopic (exact) mass is 292 g/mol. The normalized spacial score (nSPS) is 25.9. The number of hydrogen-bond acceptors (Lipinski definition) is 6. The molecule has 0 atom stereocenters. The van der Waals surface area contributed by atoms with Crippen LogP contribution in [0.25, 0.3) is 0 Å². The number of para-hydroxylation sites is 2. The van der Waals surface area contributed by atoms with Gasteiger partial charge in [-0.1, -0.05) is 12.1 Å². The van der Waals surface area contributed by atoms with Crippen molar-refractivity contribution in [3.8, 4) is 11.5 Å². The minimum Gasteiger partial charge on any atom is -0.423 e. The van der Waals surface area contributed by atoms with E-state index in [0.29, 0.717) is 26.4 Å². The Bertz CT molecular complexity index is 453. The third kappa shape index (κ3) is 2.28. The second-order valence-corrected chi connectivity index (χ2v) is 5.40. The largest absolute Gasteiger partial charge is 0.423 e. The lowest BCUT2D eigenvalue weighted by molar-refractivity contribution is -0.313. The molecule has 2 fully saturated rings. The van der Waals surface area contributed by atoms with Crippen LogP contribution in [-0.4, -0.2) is 68.4 Å². The molecule has 1 aromatic rings. The van der Waals surface area contributed by atoms with Gasteiger partial charge >= 0.3 is 6.03 Å². The van der Waals surface area contributed by atoms with Crippen LogP contribution in [-0.2, 0) is 9.47 Å². The Hall–Kier alpha value is -1.34. The van der Waals surface area contributed by atoms with E-state index in [9.17, 15) is 0 Å². The van der Waals surface area contributed by atoms with Crippen LogP contribution in [0.5, 0.6) is 11.5 Å². The average molecular weight is 292 g/mol. The van der Waals surface area contributed by atoms with E-state index < -0.39 is 6.03 Å². The highest BCUT2D eigenvalue weighted by atomic mass is 16.8. The first-order chi connectivity index (χ1) is 10.4. The molecule has 0 aromatic heterocycles. The maximum Gasteiger partial charge on any atom is 0.387 e. The summed E-state index contributed by atoms with van der Waals surface area (Å²) in [5.41, 5.74) is 0. The molecule has 0 radical (unpaired) electrons. The molecule has 21 heavy (non-hydrogen) atoms. The summed E-state index contributed by atoms with van der Waals surface area (Å²) in [6.45, 7) is 6.00. The van der Waals surface area contributed by atoms with Gasteiger partial charge < -0.3 is 18.9 Å². The maximum atomic E-state index is 6.29. The van der Waals surface area contributed by atoms with E-state index in [1.54, 1.807) is 0 Å². The standard InChI is InChI=1S/C15H20N2O4/c1-2-4-14-13(3-1)20-15(21-14,16-5-9-18-10-6-16)17-7-11-19-12-8-17/h1-4H,5-12H2. The Morgan fingerprint density at radius 3 is 1.57 bits per heavy atom. The minimum atomic E-state index is -0.850. The maximum absolute atomic E-state index is 6.29. The number of ether oxygens (including phenoxy) is 4. The zero-order valence-electron chi connectivity index (χ0n) is 12.0. The van der Waals surface area contributed by atoms with E-state index in [1.165, 1.54) is 0 Å². The number of hydrogen-bond donors (Lipinski definition) is 0. The van der Waals surface area contributed by atoms with E-state index in [1.807, 2.05) is 24.3 Å². The van der Waals surface area contributed by atoms with Crippen molar-refractivity contribution in [2.45, 2.75) is 6.03 Å². The number of benzene rings is 1. The van der Waals surface area contributed by atoms with Crippen LogP contribution in [0.1, 0.15) is 0 Å². The molecule has 0 N–H and O–H groups in total. The molecule has 2 saturated heterocycles. The van der Waals surface area contributed by atoms with Gasteiger partial charge in [-0.05, 0) is 12.1 Å². The average Bonchev–Trinajstić information content (AvgIpc) is 2.97. The second-order valence-electron chi connectivity index (χ2n) is 5.40. The molecule has 3 aliphatic rings. The van der Waals surface area contributed by atoms with Crippen molar-refractivity contribution in [3.05, 3.63) is 24.3 Å². The number of nitrogens with zero attached hydrogens (tertiary/aromatic N) is 2. The summed E-state index contributed by atoms with van der Waals surface area (Å²) in [5.74, 6) is 1.60. The number of rotatable bonds is 2. The highest BCUT2D eigenvalue weighted by Gasteiger charge is 2.53. The predicted molar refractivity (Wildman–Crippen MR) is 75.2 cm³/mol. The molecule has 3 aliphatic heterocycles. The molecule has 4 rings (SSSR count). The highest BCUT2D eigenvalue weighted by Crippen LogP contribution is 2.42. The van der Waals surface area contributed by atoms with Gasteiger partial charge in [0.2, 0.25) is 0 Å². The van der Waals surface area contributed by atoms with Gasteiger partial charge in [-0.15, -0.1) is 0 Å². The Labute approximate surface area is 124 Å². The molecular weight excluding hydrogens is 272 g/mol. The molecule has 3 heterocycles. The Morgan fingerprint density at radius 2 is 1.14 bits per heavy atom. The van der Waals surface area contributed by atoms with Crippen LogP contribution in [0.2, 0.25) is 0 Å². The van der Waals surface area contributed by atoms with Crippen LogP contribution in [0.3, 0.4) is 0 Å². The fourth-order valence-electron chi connectivity index (χ4n) is 3.08. The van der Waals surface area contributed by atoms with Crippen LogP contribution in [0.4, 0.5) is 0 Å². The van der Waals surface area contributed by atoms with Crippen molar-refractivity contribution in [2.75, 3.05) is 52.6 Å². The molecule has 0 bridgehead atoms. The molecule has 0 saturated carbocycles. The van der Waals surface area contributed by atoms with Crippen LogP contribution < -0.4 is 9.47 Å². The molecule has 0 spiro atoms. The molecule has 0 unspecified atom stereocenters. The summed E-state index contributed by atoms with van der Waals surface area (Å²) in [7, 11) is 0. The van der Waals surface area contributed by atoms with E-state index in [2.05, 4.69) is 9.80 Å². The molecule has 6 heteroatoms. The minimum absolute atomic E-state index is 0.704. The van der Waals surface area contributed by atoms with Crippen molar-refractivity contribution >= 4 is 0 Å². The van der Waals surface area contributed by atoms with Crippen LogP contribution >= 0.6 is 0 Å². The zero-order valence-corrected chi connectivity index (χ0v) is 12.0. The number of fused-ring (bicyclic) bond motifs is 1. The van der Waals surface area contributed by atoms with Crippen molar-refractivity contribution in [3.63, 3.8) is 0 Å². The van der Waals surface area contributed by atoms with E-state index in [-0.39, 0.29) is 0 Å². The topological polar surface area (TPSA) is 43.4 Å². The lowest BCUT2D eigenvalue weighted by Gasteiger charge is -2.47. The van der Waals surface area contributed by atoms with Gasteiger partial charge in [0.1, 0.15) is 0 Å². The van der Waals surface area contributed by atoms with Crippen LogP contribution in [0, 0.1) is 0 Å². The van der Waals surface area contributed by atoms with Gasteiger partial charge in [0.25, 0.3) is 0 Å². The van der Waals surface area contributed by atoms with Gasteiger partial charge in [-0.3, -0.25) is 0 Å². The predicted octanol–water partition coefficient (Wildman–Crippen LogP) is 0.733. The summed E-state index contributed by atoms with van der Waals surface area (Å²) >= 11 is 0. The van der Waals surface area contributed by atoms with Gasteiger partial charge in [0.15, 0.2) is 11.5 Å². The lowest BCUT2D eigenvalue weighted by Crippen LogP contribution is -2.70. The highest BCUT2D eigenvalue weighted by molar-refractivity contribution is 5.42. The van der Waals surface area contributed by atoms with Gasteiger partial charge in [0, 0.05) is 26.2 Å². The van der Waals surface area contributed by atoms with Crippen LogP contribution in [0.15, 0.2) is 24.3 Å². The number of morpholine rings is 2. The molecule has 1 aromatic carbocycles. The van der Waals surface area contributed by atoms with Crippen molar-refractivity contribution < 1.29 is 18.9 Å². The quantitative estimate of drug-likeness (QED) is 0.801. The summed E-state index contributed by atoms with van der Waals surface area (Å²) in [6, 6.07) is 7.00. The lowest BCUT2D eigenvalue weighted by atomic mass is 10.3. The van der Waals surface area contributed by atoms with Gasteiger partial charge in [-0.25, -0.2) is 9.80 Å². The molecule has 0 amide bonds. The molecule has 6 nitrogen and oxygen atoms in total. The van der Waals surface area contributed by atoms with E-state index in [0.717, 1.165) is 37.7 Å². The first-order valence-corrected chi connectivity index (χ1v) is 7.51. The fraction of sp³-hybridized carbons (Fsp3) is 0.600. The summed E-state index contributed by atoms with van der Waals surface area (Å²) in [6.07, 6.45) is 0. The van der Waals surface area contributed by atoms with Crippen molar-refractivity contribution in [2.24, 2.45) is 0 Å².